The zero-order chi connectivity index (χ0) is 14.1. The maximum atomic E-state index is 13.3. The second-order valence-electron chi connectivity index (χ2n) is 4.57. The fourth-order valence-electron chi connectivity index (χ4n) is 2.25. The van der Waals surface area contributed by atoms with Crippen LogP contribution in [0.4, 0.5) is 8.78 Å². The van der Waals surface area contributed by atoms with E-state index < -0.39 is 17.7 Å². The highest BCUT2D eigenvalue weighted by molar-refractivity contribution is 5.85. The number of nitrogens with zero attached hydrogens (tertiary/aromatic N) is 1. The molecule has 100 valence electrons. The fraction of sp³-hybridized carbons (Fsp3) is 0.0625. The second-order valence-corrected chi connectivity index (χ2v) is 4.57. The molecule has 2 nitrogen and oxygen atoms in total. The van der Waals surface area contributed by atoms with Crippen LogP contribution in [0.5, 0.6) is 0 Å². The zero-order valence-corrected chi connectivity index (χ0v) is 10.6. The predicted molar refractivity (Wildman–Crippen MR) is 74.1 cm³/mol. The Morgan fingerprint density at radius 3 is 2.55 bits per heavy atom. The summed E-state index contributed by atoms with van der Waals surface area (Å²) in [5.41, 5.74) is 7.29. The lowest BCUT2D eigenvalue weighted by atomic mass is 9.99. The molecule has 1 unspecified atom stereocenters. The van der Waals surface area contributed by atoms with Gasteiger partial charge in [-0.1, -0.05) is 30.3 Å². The molecule has 0 spiro atoms. The van der Waals surface area contributed by atoms with Crippen LogP contribution in [0.15, 0.2) is 54.7 Å². The smallest absolute Gasteiger partial charge is 0.159 e. The molecule has 0 saturated heterocycles. The Morgan fingerprint density at radius 2 is 1.75 bits per heavy atom. The fourth-order valence-corrected chi connectivity index (χ4v) is 2.25. The van der Waals surface area contributed by atoms with E-state index in [0.29, 0.717) is 11.3 Å². The van der Waals surface area contributed by atoms with Crippen molar-refractivity contribution in [1.82, 2.24) is 4.98 Å². The first kappa shape index (κ1) is 12.7. The Labute approximate surface area is 114 Å². The van der Waals surface area contributed by atoms with Gasteiger partial charge in [0.05, 0.1) is 11.7 Å². The van der Waals surface area contributed by atoms with Crippen molar-refractivity contribution in [3.8, 4) is 0 Å². The van der Waals surface area contributed by atoms with E-state index in [2.05, 4.69) is 4.98 Å². The lowest BCUT2D eigenvalue weighted by Gasteiger charge is -2.14. The molecule has 4 heteroatoms. The first-order valence-electron chi connectivity index (χ1n) is 6.21. The van der Waals surface area contributed by atoms with Crippen LogP contribution < -0.4 is 5.73 Å². The summed E-state index contributed by atoms with van der Waals surface area (Å²) in [5, 5.41) is 1.92. The second kappa shape index (κ2) is 4.98. The summed E-state index contributed by atoms with van der Waals surface area (Å²) in [4.78, 5) is 4.29. The molecule has 0 radical (unpaired) electrons. The molecule has 2 N–H and O–H groups in total. The molecule has 20 heavy (non-hydrogen) atoms. The Kier molecular flexibility index (Phi) is 3.16. The third kappa shape index (κ3) is 2.14. The number of hydrogen-bond donors (Lipinski definition) is 1. The van der Waals surface area contributed by atoms with E-state index in [1.807, 2.05) is 30.3 Å². The topological polar surface area (TPSA) is 38.9 Å². The van der Waals surface area contributed by atoms with Gasteiger partial charge in [-0.15, -0.1) is 0 Å². The van der Waals surface area contributed by atoms with E-state index >= 15 is 0 Å². The van der Waals surface area contributed by atoms with Crippen LogP contribution in [0.1, 0.15) is 17.3 Å². The van der Waals surface area contributed by atoms with Gasteiger partial charge in [0.1, 0.15) is 0 Å². The summed E-state index contributed by atoms with van der Waals surface area (Å²) in [7, 11) is 0. The van der Waals surface area contributed by atoms with E-state index in [-0.39, 0.29) is 0 Å². The standard InChI is InChI=1S/C16H12F2N2/c17-13-6-5-11(9-14(13)18)15(19)16-12-4-2-1-3-10(12)7-8-20-16/h1-9,15H,19H2. The summed E-state index contributed by atoms with van der Waals surface area (Å²) < 4.78 is 26.3. The Balaban J connectivity index is 2.12. The molecule has 0 saturated carbocycles. The molecule has 0 aliphatic carbocycles. The van der Waals surface area contributed by atoms with Gasteiger partial charge in [0.25, 0.3) is 0 Å². The molecule has 1 atom stereocenters. The van der Waals surface area contributed by atoms with Crippen LogP contribution in [0.3, 0.4) is 0 Å². The molecular weight excluding hydrogens is 258 g/mol. The van der Waals surface area contributed by atoms with Crippen molar-refractivity contribution in [2.45, 2.75) is 6.04 Å². The van der Waals surface area contributed by atoms with Crippen LogP contribution in [0.2, 0.25) is 0 Å². The van der Waals surface area contributed by atoms with E-state index in [4.69, 9.17) is 5.73 Å². The van der Waals surface area contributed by atoms with Crippen molar-refractivity contribution < 1.29 is 8.78 Å². The minimum absolute atomic E-state index is 0.493. The summed E-state index contributed by atoms with van der Waals surface area (Å²) in [6.45, 7) is 0. The van der Waals surface area contributed by atoms with Gasteiger partial charge in [-0.2, -0.15) is 0 Å². The van der Waals surface area contributed by atoms with Crippen LogP contribution in [0.25, 0.3) is 10.8 Å². The average Bonchev–Trinajstić information content (AvgIpc) is 2.49. The molecule has 3 aromatic rings. The quantitative estimate of drug-likeness (QED) is 0.773. The van der Waals surface area contributed by atoms with E-state index in [0.717, 1.165) is 22.9 Å². The third-order valence-electron chi connectivity index (χ3n) is 3.30. The van der Waals surface area contributed by atoms with Gasteiger partial charge in [0.15, 0.2) is 11.6 Å². The molecule has 2 aromatic carbocycles. The lowest BCUT2D eigenvalue weighted by molar-refractivity contribution is 0.506. The highest BCUT2D eigenvalue weighted by atomic mass is 19.2. The Morgan fingerprint density at radius 1 is 0.950 bits per heavy atom. The van der Waals surface area contributed by atoms with E-state index in [1.165, 1.54) is 6.07 Å². The van der Waals surface area contributed by atoms with Crippen molar-refractivity contribution in [3.05, 3.63) is 77.6 Å². The van der Waals surface area contributed by atoms with Gasteiger partial charge in [-0.05, 0) is 29.1 Å². The lowest BCUT2D eigenvalue weighted by Crippen LogP contribution is -2.14. The Hall–Kier alpha value is -2.33. The van der Waals surface area contributed by atoms with Crippen molar-refractivity contribution in [2.75, 3.05) is 0 Å². The summed E-state index contributed by atoms with van der Waals surface area (Å²) in [5.74, 6) is -1.79. The van der Waals surface area contributed by atoms with Gasteiger partial charge < -0.3 is 5.73 Å². The van der Waals surface area contributed by atoms with Crippen molar-refractivity contribution in [2.24, 2.45) is 5.73 Å². The highest BCUT2D eigenvalue weighted by Gasteiger charge is 2.15. The minimum Gasteiger partial charge on any atom is -0.319 e. The van der Waals surface area contributed by atoms with Crippen LogP contribution in [-0.4, -0.2) is 4.98 Å². The summed E-state index contributed by atoms with van der Waals surface area (Å²) >= 11 is 0. The molecule has 0 aliphatic rings. The first-order valence-corrected chi connectivity index (χ1v) is 6.21. The molecule has 1 aromatic heterocycles. The number of aromatic nitrogens is 1. The number of hydrogen-bond acceptors (Lipinski definition) is 2. The third-order valence-corrected chi connectivity index (χ3v) is 3.30. The predicted octanol–water partition coefficient (Wildman–Crippen LogP) is 3.56. The summed E-state index contributed by atoms with van der Waals surface area (Å²) in [6.07, 6.45) is 1.66. The number of nitrogens with two attached hydrogens (primary N) is 1. The molecular formula is C16H12F2N2. The largest absolute Gasteiger partial charge is 0.319 e. The highest BCUT2D eigenvalue weighted by Crippen LogP contribution is 2.26. The van der Waals surface area contributed by atoms with Crippen molar-refractivity contribution >= 4 is 10.8 Å². The number of halogens is 2. The van der Waals surface area contributed by atoms with Crippen molar-refractivity contribution in [1.29, 1.82) is 0 Å². The number of pyridine rings is 1. The molecule has 0 aliphatic heterocycles. The zero-order valence-electron chi connectivity index (χ0n) is 10.6. The minimum atomic E-state index is -0.904. The van der Waals surface area contributed by atoms with Gasteiger partial charge in [-0.25, -0.2) is 8.78 Å². The van der Waals surface area contributed by atoms with E-state index in [1.54, 1.807) is 6.20 Å². The van der Waals surface area contributed by atoms with Crippen LogP contribution in [0, 0.1) is 11.6 Å². The monoisotopic (exact) mass is 270 g/mol. The average molecular weight is 270 g/mol. The van der Waals surface area contributed by atoms with Gasteiger partial charge >= 0.3 is 0 Å². The van der Waals surface area contributed by atoms with E-state index in [9.17, 15) is 8.78 Å². The number of benzene rings is 2. The SMILES string of the molecule is NC(c1ccc(F)c(F)c1)c1nccc2ccccc12. The molecule has 3 rings (SSSR count). The van der Waals surface area contributed by atoms with Crippen LogP contribution >= 0.6 is 0 Å². The summed E-state index contributed by atoms with van der Waals surface area (Å²) in [6, 6.07) is 12.6. The van der Waals surface area contributed by atoms with Crippen molar-refractivity contribution in [3.63, 3.8) is 0 Å². The molecule has 0 fully saturated rings. The normalized spacial score (nSPS) is 12.6. The van der Waals surface area contributed by atoms with Gasteiger partial charge in [0, 0.05) is 11.6 Å². The number of fused-ring (bicyclic) bond motifs is 1. The molecule has 0 amide bonds. The van der Waals surface area contributed by atoms with Gasteiger partial charge in [-0.3, -0.25) is 4.98 Å². The first-order chi connectivity index (χ1) is 9.66. The molecule has 0 bridgehead atoms. The van der Waals surface area contributed by atoms with Gasteiger partial charge in [0.2, 0.25) is 0 Å². The maximum absolute atomic E-state index is 13.3. The number of rotatable bonds is 2. The maximum Gasteiger partial charge on any atom is 0.159 e. The molecule has 1 heterocycles. The Bertz CT molecular complexity index is 766. The van der Waals surface area contributed by atoms with Crippen LogP contribution in [-0.2, 0) is 0 Å².